The van der Waals surface area contributed by atoms with Gasteiger partial charge in [0.05, 0.1) is 11.3 Å². The Bertz CT molecular complexity index is 892. The van der Waals surface area contributed by atoms with Gasteiger partial charge in [-0.3, -0.25) is 4.79 Å². The number of hydrogen-bond donors (Lipinski definition) is 0. The van der Waals surface area contributed by atoms with Crippen molar-refractivity contribution in [3.05, 3.63) is 71.3 Å². The Morgan fingerprint density at radius 2 is 1.59 bits per heavy atom. The molecule has 0 fully saturated rings. The van der Waals surface area contributed by atoms with Crippen molar-refractivity contribution in [1.29, 1.82) is 0 Å². The van der Waals surface area contributed by atoms with E-state index in [0.29, 0.717) is 12.1 Å². The normalized spacial score (nSPS) is 12.3. The molecule has 0 N–H and O–H groups in total. The third kappa shape index (κ3) is 6.53. The van der Waals surface area contributed by atoms with Gasteiger partial charge in [0.15, 0.2) is 15.9 Å². The van der Waals surface area contributed by atoms with E-state index in [2.05, 4.69) is 0 Å². The molecule has 144 valence electrons. The number of benzene rings is 2. The molecule has 0 bridgehead atoms. The van der Waals surface area contributed by atoms with Crippen LogP contribution in [0.1, 0.15) is 28.4 Å². The summed E-state index contributed by atoms with van der Waals surface area (Å²) >= 11 is 0. The van der Waals surface area contributed by atoms with Crippen molar-refractivity contribution in [2.45, 2.75) is 25.3 Å². The van der Waals surface area contributed by atoms with Crippen LogP contribution in [0.4, 0.5) is 0 Å². The summed E-state index contributed by atoms with van der Waals surface area (Å²) in [5.74, 6) is -1.03. The molecule has 7 heteroatoms. The SMILES string of the molecule is CC(OC(=O)c1ccc(CS(C)(=O)=O)cc1)C(=O)N(C)Cc1ccccc1. The van der Waals surface area contributed by atoms with Crippen molar-refractivity contribution in [3.8, 4) is 0 Å². The highest BCUT2D eigenvalue weighted by atomic mass is 32.2. The molecule has 0 aliphatic carbocycles. The number of carbonyl (C=O) groups excluding carboxylic acids is 2. The van der Waals surface area contributed by atoms with E-state index in [1.165, 1.54) is 24.0 Å². The van der Waals surface area contributed by atoms with Crippen molar-refractivity contribution in [1.82, 2.24) is 4.90 Å². The topological polar surface area (TPSA) is 80.8 Å². The molecule has 0 heterocycles. The van der Waals surface area contributed by atoms with Gasteiger partial charge in [-0.05, 0) is 30.2 Å². The first kappa shape index (κ1) is 20.6. The summed E-state index contributed by atoms with van der Waals surface area (Å²) in [7, 11) is -1.49. The van der Waals surface area contributed by atoms with Gasteiger partial charge in [0.2, 0.25) is 0 Å². The van der Waals surface area contributed by atoms with Crippen LogP contribution in [-0.2, 0) is 31.7 Å². The first-order valence-corrected chi connectivity index (χ1v) is 10.5. The minimum absolute atomic E-state index is 0.0957. The van der Waals surface area contributed by atoms with Crippen LogP contribution in [0.5, 0.6) is 0 Å². The van der Waals surface area contributed by atoms with E-state index in [1.54, 1.807) is 19.2 Å². The number of hydrogen-bond acceptors (Lipinski definition) is 5. The summed E-state index contributed by atoms with van der Waals surface area (Å²) in [5, 5.41) is 0. The van der Waals surface area contributed by atoms with Gasteiger partial charge in [0.1, 0.15) is 0 Å². The molecule has 0 spiro atoms. The Balaban J connectivity index is 1.94. The van der Waals surface area contributed by atoms with Crippen molar-refractivity contribution in [3.63, 3.8) is 0 Å². The fourth-order valence-corrected chi connectivity index (χ4v) is 3.36. The average Bonchev–Trinajstić information content (AvgIpc) is 2.61. The third-order valence-electron chi connectivity index (χ3n) is 3.89. The highest BCUT2D eigenvalue weighted by Crippen LogP contribution is 2.11. The molecule has 1 unspecified atom stereocenters. The maximum atomic E-state index is 12.4. The molecule has 0 aromatic heterocycles. The molecule has 0 aliphatic heterocycles. The van der Waals surface area contributed by atoms with E-state index in [4.69, 9.17) is 4.74 Å². The lowest BCUT2D eigenvalue weighted by Crippen LogP contribution is -2.37. The zero-order valence-corrected chi connectivity index (χ0v) is 16.4. The summed E-state index contributed by atoms with van der Waals surface area (Å²) in [6, 6.07) is 15.6. The standard InChI is InChI=1S/C20H23NO5S/c1-15(19(22)21(2)13-16-7-5-4-6-8-16)26-20(23)18-11-9-17(10-12-18)14-27(3,24)25/h4-12,15H,13-14H2,1-3H3. The molecule has 1 atom stereocenters. The fourth-order valence-electron chi connectivity index (χ4n) is 2.56. The monoisotopic (exact) mass is 389 g/mol. The van der Waals surface area contributed by atoms with Crippen LogP contribution in [0.25, 0.3) is 0 Å². The average molecular weight is 389 g/mol. The second-order valence-electron chi connectivity index (χ2n) is 6.49. The van der Waals surface area contributed by atoms with Crippen LogP contribution >= 0.6 is 0 Å². The van der Waals surface area contributed by atoms with Crippen molar-refractivity contribution >= 4 is 21.7 Å². The number of carbonyl (C=O) groups is 2. The molecule has 0 saturated heterocycles. The molecule has 2 aromatic carbocycles. The van der Waals surface area contributed by atoms with Gasteiger partial charge in [0.25, 0.3) is 5.91 Å². The van der Waals surface area contributed by atoms with Crippen molar-refractivity contribution < 1.29 is 22.7 Å². The minimum Gasteiger partial charge on any atom is -0.449 e. The molecular formula is C20H23NO5S. The number of rotatable bonds is 7. The largest absolute Gasteiger partial charge is 0.449 e. The zero-order valence-electron chi connectivity index (χ0n) is 15.6. The van der Waals surface area contributed by atoms with Crippen LogP contribution in [0, 0.1) is 0 Å². The van der Waals surface area contributed by atoms with Crippen LogP contribution in [0.2, 0.25) is 0 Å². The first-order chi connectivity index (χ1) is 12.7. The molecule has 1 amide bonds. The van der Waals surface area contributed by atoms with Gasteiger partial charge in [-0.25, -0.2) is 13.2 Å². The van der Waals surface area contributed by atoms with E-state index >= 15 is 0 Å². The lowest BCUT2D eigenvalue weighted by Gasteiger charge is -2.21. The number of sulfone groups is 1. The van der Waals surface area contributed by atoms with Gasteiger partial charge in [-0.15, -0.1) is 0 Å². The highest BCUT2D eigenvalue weighted by molar-refractivity contribution is 7.89. The molecule has 2 rings (SSSR count). The predicted octanol–water partition coefficient (Wildman–Crippen LogP) is 2.44. The Labute approximate surface area is 159 Å². The Kier molecular flexibility index (Phi) is 6.74. The molecule has 27 heavy (non-hydrogen) atoms. The number of ether oxygens (including phenoxy) is 1. The van der Waals surface area contributed by atoms with Gasteiger partial charge in [0, 0.05) is 19.8 Å². The molecule has 0 saturated carbocycles. The molecule has 0 radical (unpaired) electrons. The Morgan fingerprint density at radius 3 is 2.15 bits per heavy atom. The summed E-state index contributed by atoms with van der Waals surface area (Å²) in [5.41, 5.74) is 1.83. The molecular weight excluding hydrogens is 366 g/mol. The van der Waals surface area contributed by atoms with Crippen molar-refractivity contribution in [2.24, 2.45) is 0 Å². The van der Waals surface area contributed by atoms with Crippen LogP contribution in [0.15, 0.2) is 54.6 Å². The smallest absolute Gasteiger partial charge is 0.338 e. The van der Waals surface area contributed by atoms with Gasteiger partial charge in [-0.1, -0.05) is 42.5 Å². The van der Waals surface area contributed by atoms with Gasteiger partial charge < -0.3 is 9.64 Å². The molecule has 6 nitrogen and oxygen atoms in total. The maximum absolute atomic E-state index is 12.4. The quantitative estimate of drug-likeness (QED) is 0.680. The lowest BCUT2D eigenvalue weighted by atomic mass is 10.1. The van der Waals surface area contributed by atoms with Gasteiger partial charge >= 0.3 is 5.97 Å². The maximum Gasteiger partial charge on any atom is 0.338 e. The lowest BCUT2D eigenvalue weighted by molar-refractivity contribution is -0.139. The fraction of sp³-hybridized carbons (Fsp3) is 0.300. The van der Waals surface area contributed by atoms with E-state index in [0.717, 1.165) is 11.8 Å². The molecule has 0 aliphatic rings. The van der Waals surface area contributed by atoms with Crippen LogP contribution in [-0.4, -0.2) is 44.6 Å². The third-order valence-corrected chi connectivity index (χ3v) is 4.75. The number of esters is 1. The summed E-state index contributed by atoms with van der Waals surface area (Å²) in [4.78, 5) is 26.1. The summed E-state index contributed by atoms with van der Waals surface area (Å²) < 4.78 is 27.9. The first-order valence-electron chi connectivity index (χ1n) is 8.42. The highest BCUT2D eigenvalue weighted by Gasteiger charge is 2.22. The molecule has 2 aromatic rings. The number of likely N-dealkylation sites (N-methyl/N-ethyl adjacent to an activating group) is 1. The van der Waals surface area contributed by atoms with E-state index < -0.39 is 21.9 Å². The zero-order chi connectivity index (χ0) is 20.0. The van der Waals surface area contributed by atoms with Crippen molar-refractivity contribution in [2.75, 3.05) is 13.3 Å². The second-order valence-corrected chi connectivity index (χ2v) is 8.63. The van der Waals surface area contributed by atoms with Crippen LogP contribution in [0.3, 0.4) is 0 Å². The summed E-state index contributed by atoms with van der Waals surface area (Å²) in [6.45, 7) is 1.95. The van der Waals surface area contributed by atoms with Crippen LogP contribution < -0.4 is 0 Å². The van der Waals surface area contributed by atoms with E-state index in [-0.39, 0.29) is 17.2 Å². The Morgan fingerprint density at radius 1 is 1.00 bits per heavy atom. The second kappa shape index (κ2) is 8.81. The van der Waals surface area contributed by atoms with Gasteiger partial charge in [-0.2, -0.15) is 0 Å². The minimum atomic E-state index is -3.14. The van der Waals surface area contributed by atoms with E-state index in [1.807, 2.05) is 30.3 Å². The number of amides is 1. The predicted molar refractivity (Wildman–Crippen MR) is 103 cm³/mol. The van der Waals surface area contributed by atoms with E-state index in [9.17, 15) is 18.0 Å². The number of nitrogens with zero attached hydrogens (tertiary/aromatic N) is 1. The summed E-state index contributed by atoms with van der Waals surface area (Å²) in [6.07, 6.45) is 0.218. The Hall–Kier alpha value is -2.67.